The number of fused-ring (bicyclic) bond motifs is 3. The topological polar surface area (TPSA) is 114 Å². The van der Waals surface area contributed by atoms with Crippen LogP contribution < -0.4 is 19.7 Å². The van der Waals surface area contributed by atoms with Crippen LogP contribution in [-0.2, 0) is 11.3 Å². The van der Waals surface area contributed by atoms with E-state index in [0.717, 1.165) is 28.3 Å². The van der Waals surface area contributed by atoms with Crippen LogP contribution in [-0.4, -0.2) is 58.5 Å². The molecule has 5 heterocycles. The Morgan fingerprint density at radius 1 is 1.20 bits per heavy atom. The molecule has 0 saturated heterocycles. The van der Waals surface area contributed by atoms with Gasteiger partial charge in [-0.05, 0) is 30.3 Å². The second-order valence-electron chi connectivity index (χ2n) is 8.31. The van der Waals surface area contributed by atoms with Crippen molar-refractivity contribution < 1.29 is 23.8 Å². The van der Waals surface area contributed by atoms with Crippen LogP contribution in [0.15, 0.2) is 42.9 Å². The van der Waals surface area contributed by atoms with Gasteiger partial charge in [-0.1, -0.05) is 0 Å². The number of carbonyl (C=O) groups is 1. The van der Waals surface area contributed by atoms with Crippen molar-refractivity contribution in [3.63, 3.8) is 0 Å². The molecule has 1 atom stereocenters. The Hall–Kier alpha value is -4.41. The second kappa shape index (κ2) is 9.09. The summed E-state index contributed by atoms with van der Waals surface area (Å²) in [6.45, 7) is 0.902. The van der Waals surface area contributed by atoms with E-state index in [4.69, 9.17) is 19.4 Å². The molecule has 11 heteroatoms. The number of nitrogens with zero attached hydrogens (tertiary/aromatic N) is 5. The quantitative estimate of drug-likeness (QED) is 0.419. The van der Waals surface area contributed by atoms with Crippen molar-refractivity contribution in [2.45, 2.75) is 12.5 Å². The first kappa shape index (κ1) is 22.4. The second-order valence-corrected chi connectivity index (χ2v) is 8.31. The van der Waals surface area contributed by atoms with Gasteiger partial charge in [-0.3, -0.25) is 9.20 Å². The standard InChI is InChI=1S/C23H21FN6O2.CH2O2/c1-29(2)20-6-3-13(8-25-20)15-7-19-23(30-12-27-28-22(15)30)26-9-16-17(24)4-5-18-21(16)14(10-31-18)11-32-19;2-1-3/h3-8,12,14,26H,9-11H2,1-2H3;1H,(H,2,3)/t14-;/m1./s1. The molecule has 1 aromatic carbocycles. The summed E-state index contributed by atoms with van der Waals surface area (Å²) in [5, 5.41) is 18.7. The Labute approximate surface area is 199 Å². The average Bonchev–Trinajstić information content (AvgIpc) is 3.51. The van der Waals surface area contributed by atoms with Crippen LogP contribution in [0, 0.1) is 5.82 Å². The molecular formula is C24H23FN6O4. The molecule has 2 aliphatic heterocycles. The fourth-order valence-corrected chi connectivity index (χ4v) is 4.41. The van der Waals surface area contributed by atoms with E-state index in [1.54, 1.807) is 12.4 Å². The fraction of sp³-hybridized carbons (Fsp3) is 0.250. The Morgan fingerprint density at radius 3 is 2.69 bits per heavy atom. The van der Waals surface area contributed by atoms with Crippen molar-refractivity contribution in [1.82, 2.24) is 19.6 Å². The first-order chi connectivity index (χ1) is 17.0. The van der Waals surface area contributed by atoms with E-state index in [-0.39, 0.29) is 18.2 Å². The maximum atomic E-state index is 14.7. The number of carboxylic acid groups (broad SMARTS) is 1. The first-order valence-electron chi connectivity index (χ1n) is 10.9. The van der Waals surface area contributed by atoms with E-state index in [9.17, 15) is 4.39 Å². The highest BCUT2D eigenvalue weighted by Crippen LogP contribution is 2.41. The van der Waals surface area contributed by atoms with E-state index in [0.29, 0.717) is 42.5 Å². The molecule has 180 valence electrons. The van der Waals surface area contributed by atoms with Crippen LogP contribution in [0.2, 0.25) is 0 Å². The summed E-state index contributed by atoms with van der Waals surface area (Å²) in [4.78, 5) is 14.8. The molecule has 0 bridgehead atoms. The van der Waals surface area contributed by atoms with Gasteiger partial charge in [0, 0.05) is 49.1 Å². The smallest absolute Gasteiger partial charge is 0.290 e. The normalized spacial score (nSPS) is 15.6. The van der Waals surface area contributed by atoms with Crippen molar-refractivity contribution in [2.75, 3.05) is 37.5 Å². The van der Waals surface area contributed by atoms with Gasteiger partial charge in [0.1, 0.15) is 23.7 Å². The summed E-state index contributed by atoms with van der Waals surface area (Å²) < 4.78 is 28.6. The highest BCUT2D eigenvalue weighted by molar-refractivity contribution is 5.82. The minimum atomic E-state index is -0.251. The Balaban J connectivity index is 0.000000806. The number of rotatable bonds is 2. The Kier molecular flexibility index (Phi) is 5.81. The highest BCUT2D eigenvalue weighted by Gasteiger charge is 2.31. The lowest BCUT2D eigenvalue weighted by atomic mass is 9.96. The van der Waals surface area contributed by atoms with Crippen LogP contribution in [0.4, 0.5) is 16.0 Å². The SMILES string of the molecule is CN(C)c1ccc(-c2cc3c(n4cnnc24)NCc2c(F)ccc4c2[C@H](CO4)CO3)cn1.O=CO. The predicted octanol–water partition coefficient (Wildman–Crippen LogP) is 3.18. The van der Waals surface area contributed by atoms with E-state index in [1.807, 2.05) is 47.8 Å². The number of benzene rings is 1. The molecule has 0 radical (unpaired) electrons. The largest absolute Gasteiger partial charge is 0.493 e. The van der Waals surface area contributed by atoms with Gasteiger partial charge in [-0.25, -0.2) is 9.37 Å². The average molecular weight is 478 g/mol. The number of aromatic nitrogens is 4. The molecule has 4 aromatic rings. The zero-order valence-corrected chi connectivity index (χ0v) is 19.1. The van der Waals surface area contributed by atoms with Crippen LogP contribution in [0.1, 0.15) is 17.0 Å². The molecule has 2 N–H and O–H groups in total. The van der Waals surface area contributed by atoms with Crippen molar-refractivity contribution in [3.8, 4) is 22.6 Å². The molecule has 0 saturated carbocycles. The molecule has 35 heavy (non-hydrogen) atoms. The molecular weight excluding hydrogens is 455 g/mol. The number of halogens is 1. The van der Waals surface area contributed by atoms with Crippen molar-refractivity contribution in [3.05, 3.63) is 59.8 Å². The van der Waals surface area contributed by atoms with Gasteiger partial charge < -0.3 is 24.8 Å². The van der Waals surface area contributed by atoms with E-state index < -0.39 is 0 Å². The van der Waals surface area contributed by atoms with Gasteiger partial charge in [0.05, 0.1) is 19.1 Å². The molecule has 0 amide bonds. The lowest BCUT2D eigenvalue weighted by Gasteiger charge is -2.17. The third kappa shape index (κ3) is 3.94. The van der Waals surface area contributed by atoms with Crippen molar-refractivity contribution >= 4 is 23.8 Å². The summed E-state index contributed by atoms with van der Waals surface area (Å²) in [5.41, 5.74) is 3.91. The Morgan fingerprint density at radius 2 is 1.97 bits per heavy atom. The zero-order valence-electron chi connectivity index (χ0n) is 19.1. The summed E-state index contributed by atoms with van der Waals surface area (Å²) in [7, 11) is 3.90. The summed E-state index contributed by atoms with van der Waals surface area (Å²) in [5.74, 6) is 2.63. The molecule has 0 unspecified atom stereocenters. The maximum absolute atomic E-state index is 14.7. The third-order valence-electron chi connectivity index (χ3n) is 6.04. The highest BCUT2D eigenvalue weighted by atomic mass is 19.1. The maximum Gasteiger partial charge on any atom is 0.290 e. The number of hydrogen-bond donors (Lipinski definition) is 2. The van der Waals surface area contributed by atoms with Gasteiger partial charge in [-0.2, -0.15) is 0 Å². The lowest BCUT2D eigenvalue weighted by Crippen LogP contribution is -2.13. The van der Waals surface area contributed by atoms with Crippen LogP contribution in [0.5, 0.6) is 11.5 Å². The van der Waals surface area contributed by atoms with Crippen molar-refractivity contribution in [1.29, 1.82) is 0 Å². The van der Waals surface area contributed by atoms with Gasteiger partial charge in [0.25, 0.3) is 6.47 Å². The van der Waals surface area contributed by atoms with Gasteiger partial charge in [0.2, 0.25) is 0 Å². The molecule has 0 aliphatic carbocycles. The van der Waals surface area contributed by atoms with E-state index >= 15 is 0 Å². The molecule has 0 fully saturated rings. The zero-order chi connectivity index (χ0) is 24.5. The number of ether oxygens (including phenoxy) is 2. The van der Waals surface area contributed by atoms with E-state index in [2.05, 4.69) is 20.5 Å². The van der Waals surface area contributed by atoms with E-state index in [1.165, 1.54) is 6.07 Å². The number of hydrogen-bond acceptors (Lipinski definition) is 8. The molecule has 0 spiro atoms. The number of pyridine rings is 2. The van der Waals surface area contributed by atoms with Crippen molar-refractivity contribution in [2.24, 2.45) is 0 Å². The summed E-state index contributed by atoms with van der Waals surface area (Å²) >= 11 is 0. The summed E-state index contributed by atoms with van der Waals surface area (Å²) in [6.07, 6.45) is 3.45. The number of anilines is 2. The van der Waals surface area contributed by atoms with Gasteiger partial charge in [-0.15, -0.1) is 10.2 Å². The molecule has 3 aromatic heterocycles. The fourth-order valence-electron chi connectivity index (χ4n) is 4.41. The molecule has 6 rings (SSSR count). The minimum absolute atomic E-state index is 0.0375. The lowest BCUT2D eigenvalue weighted by molar-refractivity contribution is -0.122. The predicted molar refractivity (Wildman–Crippen MR) is 127 cm³/mol. The summed E-state index contributed by atoms with van der Waals surface area (Å²) in [6, 6.07) is 9.06. The van der Waals surface area contributed by atoms with Crippen LogP contribution in [0.3, 0.4) is 0 Å². The molecule has 2 aliphatic rings. The van der Waals surface area contributed by atoms with Gasteiger partial charge in [0.15, 0.2) is 17.2 Å². The van der Waals surface area contributed by atoms with Crippen LogP contribution in [0.25, 0.3) is 16.8 Å². The van der Waals surface area contributed by atoms with Gasteiger partial charge >= 0.3 is 0 Å². The van der Waals surface area contributed by atoms with Crippen LogP contribution >= 0.6 is 0 Å². The minimum Gasteiger partial charge on any atom is -0.493 e. The first-order valence-corrected chi connectivity index (χ1v) is 10.9. The monoisotopic (exact) mass is 478 g/mol. The third-order valence-corrected chi connectivity index (χ3v) is 6.04. The number of nitrogens with one attached hydrogen (secondary N) is 1. The molecule has 10 nitrogen and oxygen atoms in total. The Bertz CT molecular complexity index is 1390.